The van der Waals surface area contributed by atoms with E-state index >= 15 is 0 Å². The van der Waals surface area contributed by atoms with Crippen molar-refractivity contribution in [3.05, 3.63) is 77.7 Å². The van der Waals surface area contributed by atoms with Crippen molar-refractivity contribution in [2.45, 2.75) is 4.21 Å². The topological polar surface area (TPSA) is 57.7 Å². The van der Waals surface area contributed by atoms with Gasteiger partial charge < -0.3 is 4.90 Å². The number of benzene rings is 2. The Morgan fingerprint density at radius 3 is 2.08 bits per heavy atom. The predicted octanol–water partition coefficient (Wildman–Crippen LogP) is 3.85. The van der Waals surface area contributed by atoms with Crippen LogP contribution >= 0.6 is 11.3 Å². The van der Waals surface area contributed by atoms with E-state index in [2.05, 4.69) is 0 Å². The first-order valence-corrected chi connectivity index (χ1v) is 10.2. The molecule has 0 aliphatic heterocycles. The second-order valence-electron chi connectivity index (χ2n) is 5.65. The van der Waals surface area contributed by atoms with Crippen molar-refractivity contribution in [3.63, 3.8) is 0 Å². The van der Waals surface area contributed by atoms with Crippen LogP contribution in [-0.4, -0.2) is 28.4 Å². The Morgan fingerprint density at radius 2 is 1.50 bits per heavy atom. The maximum absolute atomic E-state index is 12.6. The van der Waals surface area contributed by atoms with E-state index in [9.17, 15) is 13.2 Å². The molecule has 0 spiro atoms. The molecule has 5 nitrogen and oxygen atoms in total. The van der Waals surface area contributed by atoms with Gasteiger partial charge in [-0.05, 0) is 47.8 Å². The van der Waals surface area contributed by atoms with Gasteiger partial charge in [0.05, 0.1) is 5.69 Å². The first kappa shape index (κ1) is 18.2. The summed E-state index contributed by atoms with van der Waals surface area (Å²) in [7, 11) is -0.375. The monoisotopic (exact) mass is 386 g/mol. The van der Waals surface area contributed by atoms with Gasteiger partial charge in [-0.25, -0.2) is 8.42 Å². The van der Waals surface area contributed by atoms with Gasteiger partial charge in [0, 0.05) is 25.3 Å². The summed E-state index contributed by atoms with van der Waals surface area (Å²) in [4.78, 5) is 14.2. The van der Waals surface area contributed by atoms with Crippen molar-refractivity contribution in [2.24, 2.45) is 0 Å². The van der Waals surface area contributed by atoms with Crippen LogP contribution in [0.4, 0.5) is 11.4 Å². The Balaban J connectivity index is 1.81. The van der Waals surface area contributed by atoms with Gasteiger partial charge in [0.1, 0.15) is 4.21 Å². The first-order chi connectivity index (χ1) is 12.4. The highest BCUT2D eigenvalue weighted by Crippen LogP contribution is 2.25. The molecule has 0 unspecified atom stereocenters. The fourth-order valence-electron chi connectivity index (χ4n) is 2.46. The van der Waals surface area contributed by atoms with Crippen LogP contribution in [0.3, 0.4) is 0 Å². The highest BCUT2D eigenvalue weighted by molar-refractivity contribution is 7.94. The molecule has 0 fully saturated rings. The fourth-order valence-corrected chi connectivity index (χ4v) is 4.82. The van der Waals surface area contributed by atoms with Gasteiger partial charge in [0.25, 0.3) is 15.9 Å². The Hall–Kier alpha value is -2.64. The standard InChI is InChI=1S/C19H18N2O3S2/c1-20(16-7-4-3-5-8-16)19(22)15-10-12-17(13-11-15)21(2)26(23,24)18-9-6-14-25-18/h3-14H,1-2H3. The maximum atomic E-state index is 12.6. The minimum absolute atomic E-state index is 0.161. The van der Waals surface area contributed by atoms with Crippen LogP contribution in [0.5, 0.6) is 0 Å². The highest BCUT2D eigenvalue weighted by Gasteiger charge is 2.22. The van der Waals surface area contributed by atoms with E-state index in [0.717, 1.165) is 5.69 Å². The van der Waals surface area contributed by atoms with Crippen LogP contribution < -0.4 is 9.21 Å². The third-order valence-corrected chi connectivity index (χ3v) is 7.19. The predicted molar refractivity (Wildman–Crippen MR) is 106 cm³/mol. The average Bonchev–Trinajstić information content (AvgIpc) is 3.23. The molecule has 0 aliphatic rings. The number of hydrogen-bond donors (Lipinski definition) is 0. The summed E-state index contributed by atoms with van der Waals surface area (Å²) in [5, 5.41) is 1.72. The number of rotatable bonds is 5. The van der Waals surface area contributed by atoms with Crippen molar-refractivity contribution < 1.29 is 13.2 Å². The number of hydrogen-bond acceptors (Lipinski definition) is 4. The first-order valence-electron chi connectivity index (χ1n) is 7.87. The van der Waals surface area contributed by atoms with Crippen molar-refractivity contribution >= 4 is 38.6 Å². The molecule has 1 aromatic heterocycles. The number of anilines is 2. The van der Waals surface area contributed by atoms with Crippen molar-refractivity contribution in [3.8, 4) is 0 Å². The average molecular weight is 386 g/mol. The molecule has 3 aromatic rings. The van der Waals surface area contributed by atoms with Crippen LogP contribution in [0.1, 0.15) is 10.4 Å². The summed E-state index contributed by atoms with van der Waals surface area (Å²) < 4.78 is 26.6. The maximum Gasteiger partial charge on any atom is 0.273 e. The lowest BCUT2D eigenvalue weighted by atomic mass is 10.1. The molecular formula is C19H18N2O3S2. The van der Waals surface area contributed by atoms with Crippen molar-refractivity contribution in [1.82, 2.24) is 0 Å². The smallest absolute Gasteiger partial charge is 0.273 e. The normalized spacial score (nSPS) is 11.2. The Morgan fingerprint density at radius 1 is 0.846 bits per heavy atom. The van der Waals surface area contributed by atoms with E-state index in [-0.39, 0.29) is 10.1 Å². The number of carbonyl (C=O) groups excluding carboxylic acids is 1. The van der Waals surface area contributed by atoms with Crippen LogP contribution in [0.25, 0.3) is 0 Å². The van der Waals surface area contributed by atoms with Gasteiger partial charge in [-0.1, -0.05) is 24.3 Å². The summed E-state index contributed by atoms with van der Waals surface area (Å²) in [5.41, 5.74) is 1.78. The molecule has 2 aromatic carbocycles. The number of thiophene rings is 1. The SMILES string of the molecule is CN(C(=O)c1ccc(N(C)S(=O)(=O)c2cccs2)cc1)c1ccccc1. The minimum atomic E-state index is -3.58. The number of sulfonamides is 1. The van der Waals surface area contributed by atoms with Crippen molar-refractivity contribution in [2.75, 3.05) is 23.3 Å². The molecule has 0 saturated heterocycles. The van der Waals surface area contributed by atoms with Crippen LogP contribution in [0, 0.1) is 0 Å². The molecule has 0 aliphatic carbocycles. The van der Waals surface area contributed by atoms with E-state index in [1.54, 1.807) is 53.7 Å². The minimum Gasteiger partial charge on any atom is -0.311 e. The number of para-hydroxylation sites is 1. The molecule has 0 bridgehead atoms. The number of nitrogens with zero attached hydrogens (tertiary/aromatic N) is 2. The Labute approximate surface area is 157 Å². The zero-order valence-corrected chi connectivity index (χ0v) is 16.0. The molecular weight excluding hydrogens is 368 g/mol. The lowest BCUT2D eigenvalue weighted by Gasteiger charge is -2.20. The van der Waals surface area contributed by atoms with Gasteiger partial charge in [-0.2, -0.15) is 0 Å². The second-order valence-corrected chi connectivity index (χ2v) is 8.80. The second kappa shape index (κ2) is 7.31. The third-order valence-electron chi connectivity index (χ3n) is 4.04. The highest BCUT2D eigenvalue weighted by atomic mass is 32.2. The van der Waals surface area contributed by atoms with E-state index in [4.69, 9.17) is 0 Å². The van der Waals surface area contributed by atoms with E-state index in [0.29, 0.717) is 11.3 Å². The van der Waals surface area contributed by atoms with Crippen LogP contribution in [0.2, 0.25) is 0 Å². The molecule has 7 heteroatoms. The molecule has 0 N–H and O–H groups in total. The molecule has 3 rings (SSSR count). The number of amides is 1. The zero-order valence-electron chi connectivity index (χ0n) is 14.4. The van der Waals surface area contributed by atoms with Crippen LogP contribution in [0.15, 0.2) is 76.3 Å². The molecule has 134 valence electrons. The van der Waals surface area contributed by atoms with Crippen molar-refractivity contribution in [1.29, 1.82) is 0 Å². The molecule has 1 heterocycles. The molecule has 0 saturated carbocycles. The van der Waals surface area contributed by atoms with Gasteiger partial charge in [-0.15, -0.1) is 11.3 Å². The van der Waals surface area contributed by atoms with E-state index in [1.807, 2.05) is 30.3 Å². The van der Waals surface area contributed by atoms with E-state index < -0.39 is 10.0 Å². The molecule has 1 amide bonds. The van der Waals surface area contributed by atoms with E-state index in [1.165, 1.54) is 22.7 Å². The molecule has 0 radical (unpaired) electrons. The van der Waals surface area contributed by atoms with Crippen LogP contribution in [-0.2, 0) is 10.0 Å². The number of carbonyl (C=O) groups is 1. The third kappa shape index (κ3) is 3.49. The lowest BCUT2D eigenvalue weighted by Crippen LogP contribution is -2.27. The zero-order chi connectivity index (χ0) is 18.7. The largest absolute Gasteiger partial charge is 0.311 e. The van der Waals surface area contributed by atoms with Gasteiger partial charge >= 0.3 is 0 Å². The lowest BCUT2D eigenvalue weighted by molar-refractivity contribution is 0.0993. The van der Waals surface area contributed by atoms with Gasteiger partial charge in [0.2, 0.25) is 0 Å². The Bertz CT molecular complexity index is 983. The summed E-state index contributed by atoms with van der Waals surface area (Å²) in [6, 6.07) is 19.2. The summed E-state index contributed by atoms with van der Waals surface area (Å²) >= 11 is 1.17. The molecule has 26 heavy (non-hydrogen) atoms. The van der Waals surface area contributed by atoms with Gasteiger partial charge in [-0.3, -0.25) is 9.10 Å². The molecule has 0 atom stereocenters. The fraction of sp³-hybridized carbons (Fsp3) is 0.105. The Kier molecular flexibility index (Phi) is 5.11. The summed E-state index contributed by atoms with van der Waals surface area (Å²) in [6.45, 7) is 0. The quantitative estimate of drug-likeness (QED) is 0.669. The van der Waals surface area contributed by atoms with Gasteiger partial charge in [0.15, 0.2) is 0 Å². The summed E-state index contributed by atoms with van der Waals surface area (Å²) in [5.74, 6) is -0.161. The summed E-state index contributed by atoms with van der Waals surface area (Å²) in [6.07, 6.45) is 0.